The molecule has 3 heterocycles. The number of imidazole rings is 1. The van der Waals surface area contributed by atoms with Crippen LogP contribution in [0.25, 0.3) is 22.0 Å². The second-order valence-electron chi connectivity index (χ2n) is 7.66. The molecule has 1 atom stereocenters. The Morgan fingerprint density at radius 2 is 1.70 bits per heavy atom. The summed E-state index contributed by atoms with van der Waals surface area (Å²) in [6, 6.07) is 18.4. The van der Waals surface area contributed by atoms with E-state index in [0.29, 0.717) is 43.5 Å². The van der Waals surface area contributed by atoms with Gasteiger partial charge >= 0.3 is 0 Å². The Labute approximate surface area is 205 Å². The topological polar surface area (TPSA) is 63.8 Å². The number of pyridine rings is 2. The van der Waals surface area contributed by atoms with E-state index in [4.69, 9.17) is 34.8 Å². The molecule has 5 nitrogen and oxygen atoms in total. The normalized spacial score (nSPS) is 13.2. The van der Waals surface area contributed by atoms with Crippen LogP contribution in [0, 0.1) is 0 Å². The van der Waals surface area contributed by atoms with Crippen molar-refractivity contribution in [2.24, 2.45) is 7.05 Å². The number of hydrogen-bond acceptors (Lipinski definition) is 4. The van der Waals surface area contributed by atoms with Crippen LogP contribution in [0.1, 0.15) is 16.8 Å². The van der Waals surface area contributed by atoms with Gasteiger partial charge in [-0.15, -0.1) is 0 Å². The molecule has 33 heavy (non-hydrogen) atoms. The van der Waals surface area contributed by atoms with E-state index in [1.807, 2.05) is 43.4 Å². The molecule has 0 aliphatic carbocycles. The highest BCUT2D eigenvalue weighted by Crippen LogP contribution is 2.42. The predicted molar refractivity (Wildman–Crippen MR) is 132 cm³/mol. The molecular formula is C25H17Cl3N4O. The van der Waals surface area contributed by atoms with E-state index in [0.717, 1.165) is 5.56 Å². The van der Waals surface area contributed by atoms with Crippen LogP contribution in [-0.2, 0) is 12.6 Å². The summed E-state index contributed by atoms with van der Waals surface area (Å²) in [5, 5.41) is 13.9. The highest BCUT2D eigenvalue weighted by atomic mass is 35.5. The molecule has 0 saturated heterocycles. The number of rotatable bonds is 4. The van der Waals surface area contributed by atoms with Crippen molar-refractivity contribution >= 4 is 45.7 Å². The molecule has 0 amide bonds. The molecule has 1 N–H and O–H groups in total. The minimum atomic E-state index is -1.57. The number of fused-ring (bicyclic) bond motifs is 1. The molecule has 1 unspecified atom stereocenters. The summed E-state index contributed by atoms with van der Waals surface area (Å²) in [5.41, 5.74) is 2.23. The standard InChI is InChI=1S/C25H17Cl3N4O/c1-32-14-29-13-20(32)25(33,17-9-10-30-21(26)12-17)16-7-8-19-18(11-16)23(27)22(24(28)31-19)15-5-3-2-4-6-15/h2-14,33H,1H3. The molecule has 0 fully saturated rings. The van der Waals surface area contributed by atoms with Gasteiger partial charge in [-0.3, -0.25) is 0 Å². The molecule has 5 rings (SSSR count). The lowest BCUT2D eigenvalue weighted by Gasteiger charge is -2.30. The predicted octanol–water partition coefficient (Wildman–Crippen LogP) is 6.27. The van der Waals surface area contributed by atoms with Crippen molar-refractivity contribution in [2.75, 3.05) is 0 Å². The summed E-state index contributed by atoms with van der Waals surface area (Å²) in [4.78, 5) is 12.8. The SMILES string of the molecule is Cn1cncc1C(O)(c1ccnc(Cl)c1)c1ccc2nc(Cl)c(-c3ccccc3)c(Cl)c2c1. The highest BCUT2D eigenvalue weighted by molar-refractivity contribution is 6.42. The van der Waals surface area contributed by atoms with Crippen LogP contribution >= 0.6 is 34.8 Å². The van der Waals surface area contributed by atoms with Gasteiger partial charge in [-0.05, 0) is 41.0 Å². The van der Waals surface area contributed by atoms with Crippen molar-refractivity contribution in [2.45, 2.75) is 5.60 Å². The van der Waals surface area contributed by atoms with Crippen LogP contribution in [0.15, 0.2) is 79.4 Å². The number of halogens is 3. The molecule has 0 bridgehead atoms. The van der Waals surface area contributed by atoms with E-state index in [9.17, 15) is 5.11 Å². The highest BCUT2D eigenvalue weighted by Gasteiger charge is 2.37. The van der Waals surface area contributed by atoms with Gasteiger partial charge in [0, 0.05) is 24.2 Å². The smallest absolute Gasteiger partial charge is 0.157 e. The van der Waals surface area contributed by atoms with E-state index >= 15 is 0 Å². The lowest BCUT2D eigenvalue weighted by Crippen LogP contribution is -2.31. The van der Waals surface area contributed by atoms with Crippen molar-refractivity contribution in [1.29, 1.82) is 0 Å². The largest absolute Gasteiger partial charge is 0.374 e. The minimum absolute atomic E-state index is 0.270. The van der Waals surface area contributed by atoms with Crippen LogP contribution in [0.5, 0.6) is 0 Å². The van der Waals surface area contributed by atoms with Crippen LogP contribution in [-0.4, -0.2) is 24.6 Å². The molecular weight excluding hydrogens is 479 g/mol. The molecule has 0 spiro atoms. The number of aliphatic hydroxyl groups is 1. The van der Waals surface area contributed by atoms with Crippen LogP contribution in [0.2, 0.25) is 15.3 Å². The maximum absolute atomic E-state index is 12.2. The van der Waals surface area contributed by atoms with Gasteiger partial charge in [0.1, 0.15) is 10.3 Å². The second-order valence-corrected chi connectivity index (χ2v) is 8.78. The first-order valence-corrected chi connectivity index (χ1v) is 11.2. The summed E-state index contributed by atoms with van der Waals surface area (Å²) in [6.45, 7) is 0. The number of benzene rings is 2. The Kier molecular flexibility index (Phi) is 5.59. The fourth-order valence-electron chi connectivity index (χ4n) is 4.07. The average Bonchev–Trinajstić information content (AvgIpc) is 3.25. The molecule has 3 aromatic heterocycles. The van der Waals surface area contributed by atoms with Gasteiger partial charge in [0.15, 0.2) is 5.60 Å². The molecule has 5 aromatic rings. The Hall–Kier alpha value is -2.96. The summed E-state index contributed by atoms with van der Waals surface area (Å²) >= 11 is 19.6. The van der Waals surface area contributed by atoms with Crippen molar-refractivity contribution in [3.63, 3.8) is 0 Å². The third kappa shape index (κ3) is 3.67. The van der Waals surface area contributed by atoms with Gasteiger partial charge < -0.3 is 9.67 Å². The Bertz CT molecular complexity index is 1490. The first-order valence-electron chi connectivity index (χ1n) is 10.1. The van der Waals surface area contributed by atoms with E-state index in [1.165, 1.54) is 0 Å². The summed E-state index contributed by atoms with van der Waals surface area (Å²) in [5.74, 6) is 0. The third-order valence-electron chi connectivity index (χ3n) is 5.69. The maximum atomic E-state index is 12.2. The van der Waals surface area contributed by atoms with E-state index in [1.54, 1.807) is 47.6 Å². The molecule has 2 aromatic carbocycles. The zero-order chi connectivity index (χ0) is 23.2. The van der Waals surface area contributed by atoms with Crippen molar-refractivity contribution < 1.29 is 5.11 Å². The van der Waals surface area contributed by atoms with E-state index < -0.39 is 5.60 Å². The van der Waals surface area contributed by atoms with Gasteiger partial charge in [-0.2, -0.15) is 0 Å². The van der Waals surface area contributed by atoms with Crippen molar-refractivity contribution in [1.82, 2.24) is 19.5 Å². The zero-order valence-electron chi connectivity index (χ0n) is 17.4. The Morgan fingerprint density at radius 3 is 2.39 bits per heavy atom. The molecule has 164 valence electrons. The first kappa shape index (κ1) is 21.9. The number of hydrogen-bond donors (Lipinski definition) is 1. The quantitative estimate of drug-likeness (QED) is 0.298. The van der Waals surface area contributed by atoms with E-state index in [2.05, 4.69) is 15.0 Å². The lowest BCUT2D eigenvalue weighted by atomic mass is 9.83. The lowest BCUT2D eigenvalue weighted by molar-refractivity contribution is 0.117. The monoisotopic (exact) mass is 494 g/mol. The molecule has 0 saturated carbocycles. The molecule has 0 aliphatic heterocycles. The van der Waals surface area contributed by atoms with E-state index in [-0.39, 0.29) is 5.15 Å². The van der Waals surface area contributed by atoms with Crippen molar-refractivity contribution in [3.05, 3.63) is 112 Å². The van der Waals surface area contributed by atoms with Crippen LogP contribution in [0.3, 0.4) is 0 Å². The second kappa shape index (κ2) is 8.43. The van der Waals surface area contributed by atoms with Gasteiger partial charge in [-0.25, -0.2) is 15.0 Å². The average molecular weight is 496 g/mol. The number of aromatic nitrogens is 4. The number of nitrogens with zero attached hydrogens (tertiary/aromatic N) is 4. The maximum Gasteiger partial charge on any atom is 0.157 e. The minimum Gasteiger partial charge on any atom is -0.374 e. The summed E-state index contributed by atoms with van der Waals surface area (Å²) in [7, 11) is 1.82. The van der Waals surface area contributed by atoms with Crippen molar-refractivity contribution in [3.8, 4) is 11.1 Å². The Morgan fingerprint density at radius 1 is 0.939 bits per heavy atom. The molecule has 0 radical (unpaired) electrons. The zero-order valence-corrected chi connectivity index (χ0v) is 19.6. The number of aryl methyl sites for hydroxylation is 1. The summed E-state index contributed by atoms with van der Waals surface area (Å²) < 4.78 is 1.76. The molecule has 0 aliphatic rings. The van der Waals surface area contributed by atoms with Gasteiger partial charge in [0.2, 0.25) is 0 Å². The van der Waals surface area contributed by atoms with Crippen LogP contribution in [0.4, 0.5) is 0 Å². The van der Waals surface area contributed by atoms with Gasteiger partial charge in [0.25, 0.3) is 0 Å². The third-order valence-corrected chi connectivity index (χ3v) is 6.56. The summed E-state index contributed by atoms with van der Waals surface area (Å²) in [6.07, 6.45) is 4.81. The van der Waals surface area contributed by atoms with Crippen LogP contribution < -0.4 is 0 Å². The Balaban J connectivity index is 1.79. The van der Waals surface area contributed by atoms with Gasteiger partial charge in [-0.1, -0.05) is 71.2 Å². The first-order chi connectivity index (χ1) is 15.9. The fraction of sp³-hybridized carbons (Fsp3) is 0.0800. The molecule has 8 heteroatoms. The van der Waals surface area contributed by atoms with Gasteiger partial charge in [0.05, 0.1) is 28.8 Å². The fourth-order valence-corrected chi connectivity index (χ4v) is 4.93.